The van der Waals surface area contributed by atoms with Gasteiger partial charge in [0.2, 0.25) is 5.91 Å². The molecule has 0 aliphatic rings. The Labute approximate surface area is 154 Å². The van der Waals surface area contributed by atoms with Gasteiger partial charge in [-0.25, -0.2) is 9.18 Å². The predicted octanol–water partition coefficient (Wildman–Crippen LogP) is 2.44. The summed E-state index contributed by atoms with van der Waals surface area (Å²) >= 11 is 0. The fourth-order valence-corrected chi connectivity index (χ4v) is 2.83. The Bertz CT molecular complexity index is 1160. The second-order valence-electron chi connectivity index (χ2n) is 6.10. The number of carbonyl (C=O) groups is 1. The second-order valence-corrected chi connectivity index (χ2v) is 6.10. The number of amides is 1. The van der Waals surface area contributed by atoms with E-state index in [0.29, 0.717) is 22.2 Å². The molecule has 1 aromatic heterocycles. The summed E-state index contributed by atoms with van der Waals surface area (Å²) in [5.74, 6) is -0.941. The maximum Gasteiger partial charge on any atom is 0.332 e. The lowest BCUT2D eigenvalue weighted by Crippen LogP contribution is -2.41. The zero-order valence-corrected chi connectivity index (χ0v) is 14.7. The highest BCUT2D eigenvalue weighted by atomic mass is 19.1. The summed E-state index contributed by atoms with van der Waals surface area (Å²) < 4.78 is 15.9. The van der Waals surface area contributed by atoms with Crippen molar-refractivity contribution in [2.45, 2.75) is 20.0 Å². The van der Waals surface area contributed by atoms with Gasteiger partial charge in [-0.3, -0.25) is 18.7 Å². The van der Waals surface area contributed by atoms with Gasteiger partial charge in [-0.1, -0.05) is 24.3 Å². The summed E-state index contributed by atoms with van der Waals surface area (Å²) in [6.45, 7) is 4.90. The number of carbonyl (C=O) groups excluding carboxylic acids is 1. The summed E-state index contributed by atoms with van der Waals surface area (Å²) in [5.41, 5.74) is 0.0706. The molecule has 6 nitrogen and oxygen atoms in total. The molecule has 0 atom stereocenters. The van der Waals surface area contributed by atoms with Crippen LogP contribution in [-0.4, -0.2) is 15.0 Å². The van der Waals surface area contributed by atoms with E-state index in [1.165, 1.54) is 16.7 Å². The van der Waals surface area contributed by atoms with Crippen molar-refractivity contribution in [2.24, 2.45) is 0 Å². The van der Waals surface area contributed by atoms with E-state index in [-0.39, 0.29) is 13.1 Å². The molecule has 0 unspecified atom stereocenters. The van der Waals surface area contributed by atoms with Crippen LogP contribution in [0.4, 0.5) is 10.1 Å². The number of para-hydroxylation sites is 1. The topological polar surface area (TPSA) is 73.1 Å². The van der Waals surface area contributed by atoms with Gasteiger partial charge in [0.25, 0.3) is 5.56 Å². The van der Waals surface area contributed by atoms with Gasteiger partial charge in [0, 0.05) is 12.2 Å². The summed E-state index contributed by atoms with van der Waals surface area (Å²) in [5, 5.41) is 2.90. The molecule has 1 N–H and O–H groups in total. The highest BCUT2D eigenvalue weighted by Crippen LogP contribution is 2.14. The smallest absolute Gasteiger partial charge is 0.324 e. The third-order valence-electron chi connectivity index (χ3n) is 4.20. The minimum absolute atomic E-state index is 0.0350. The van der Waals surface area contributed by atoms with Crippen LogP contribution in [0.2, 0.25) is 0 Å². The number of nitrogens with one attached hydrogen (secondary N) is 1. The second kappa shape index (κ2) is 7.41. The van der Waals surface area contributed by atoms with Gasteiger partial charge >= 0.3 is 5.69 Å². The molecule has 1 amide bonds. The first-order valence-corrected chi connectivity index (χ1v) is 8.31. The average molecular weight is 367 g/mol. The molecule has 0 aliphatic carbocycles. The summed E-state index contributed by atoms with van der Waals surface area (Å²) in [7, 11) is 0. The quantitative estimate of drug-likeness (QED) is 0.704. The molecule has 138 valence electrons. The largest absolute Gasteiger partial charge is 0.332 e. The van der Waals surface area contributed by atoms with Gasteiger partial charge in [-0.15, -0.1) is 6.58 Å². The van der Waals surface area contributed by atoms with E-state index in [4.69, 9.17) is 0 Å². The zero-order valence-electron chi connectivity index (χ0n) is 14.7. The average Bonchev–Trinajstić information content (AvgIpc) is 2.65. The normalized spacial score (nSPS) is 10.7. The molecule has 0 saturated heterocycles. The first-order chi connectivity index (χ1) is 12.9. The fourth-order valence-electron chi connectivity index (χ4n) is 2.83. The van der Waals surface area contributed by atoms with Crippen molar-refractivity contribution in [3.8, 4) is 0 Å². The number of aromatic nitrogens is 2. The van der Waals surface area contributed by atoms with Gasteiger partial charge in [-0.05, 0) is 36.8 Å². The van der Waals surface area contributed by atoms with Gasteiger partial charge in [0.1, 0.15) is 12.4 Å². The summed E-state index contributed by atoms with van der Waals surface area (Å²) in [6, 6.07) is 10.9. The van der Waals surface area contributed by atoms with Gasteiger partial charge in [-0.2, -0.15) is 0 Å². The Hall–Kier alpha value is -3.48. The minimum atomic E-state index is -0.608. The molecule has 1 heterocycles. The number of halogens is 1. The molecule has 0 bridgehead atoms. The van der Waals surface area contributed by atoms with Gasteiger partial charge in [0.05, 0.1) is 10.9 Å². The molecule has 3 rings (SSSR count). The van der Waals surface area contributed by atoms with Crippen LogP contribution in [-0.2, 0) is 17.9 Å². The van der Waals surface area contributed by atoms with Crippen molar-refractivity contribution >= 4 is 22.5 Å². The molecule has 27 heavy (non-hydrogen) atoms. The van der Waals surface area contributed by atoms with E-state index in [1.807, 2.05) is 0 Å². The molecule has 7 heteroatoms. The van der Waals surface area contributed by atoms with Crippen LogP contribution in [0.3, 0.4) is 0 Å². The van der Waals surface area contributed by atoms with Crippen molar-refractivity contribution in [3.05, 3.63) is 87.3 Å². The molecule has 0 saturated carbocycles. The lowest BCUT2D eigenvalue weighted by Gasteiger charge is -2.13. The number of hydrogen-bond acceptors (Lipinski definition) is 3. The molecule has 0 radical (unpaired) electrons. The van der Waals surface area contributed by atoms with E-state index in [9.17, 15) is 18.8 Å². The highest BCUT2D eigenvalue weighted by molar-refractivity contribution is 5.91. The minimum Gasteiger partial charge on any atom is -0.324 e. The number of benzene rings is 2. The first-order valence-electron chi connectivity index (χ1n) is 8.31. The third kappa shape index (κ3) is 3.57. The van der Waals surface area contributed by atoms with Crippen LogP contribution in [0.15, 0.2) is 64.7 Å². The molecule has 0 aliphatic heterocycles. The van der Waals surface area contributed by atoms with E-state index in [0.717, 1.165) is 4.57 Å². The van der Waals surface area contributed by atoms with Crippen molar-refractivity contribution in [2.75, 3.05) is 5.32 Å². The van der Waals surface area contributed by atoms with Crippen LogP contribution in [0, 0.1) is 12.7 Å². The molecular formula is C20H18FN3O3. The van der Waals surface area contributed by atoms with Crippen molar-refractivity contribution in [3.63, 3.8) is 0 Å². The number of anilines is 1. The van der Waals surface area contributed by atoms with E-state index in [1.54, 1.807) is 43.3 Å². The molecule has 2 aromatic carbocycles. The lowest BCUT2D eigenvalue weighted by molar-refractivity contribution is -0.116. The van der Waals surface area contributed by atoms with E-state index < -0.39 is 23.0 Å². The standard InChI is InChI=1S/C20H18FN3O3/c1-3-10-23-19(26)15-6-4-5-7-17(15)24(20(23)27)12-18(25)22-14-9-8-13(2)16(21)11-14/h3-9,11H,1,10,12H2,2H3,(H,22,25). The highest BCUT2D eigenvalue weighted by Gasteiger charge is 2.15. The molecule has 3 aromatic rings. The monoisotopic (exact) mass is 367 g/mol. The molecule has 0 fully saturated rings. The Balaban J connectivity index is 2.02. The predicted molar refractivity (Wildman–Crippen MR) is 102 cm³/mol. The van der Waals surface area contributed by atoms with Crippen molar-refractivity contribution < 1.29 is 9.18 Å². The van der Waals surface area contributed by atoms with Crippen molar-refractivity contribution in [1.29, 1.82) is 0 Å². The fraction of sp³-hybridized carbons (Fsp3) is 0.150. The van der Waals surface area contributed by atoms with Crippen LogP contribution >= 0.6 is 0 Å². The van der Waals surface area contributed by atoms with Crippen LogP contribution in [0.5, 0.6) is 0 Å². The maximum absolute atomic E-state index is 13.7. The Morgan fingerprint density at radius 2 is 1.93 bits per heavy atom. The Morgan fingerprint density at radius 1 is 1.19 bits per heavy atom. The van der Waals surface area contributed by atoms with Crippen LogP contribution in [0.1, 0.15) is 5.56 Å². The number of aryl methyl sites for hydroxylation is 1. The zero-order chi connectivity index (χ0) is 19.6. The number of fused-ring (bicyclic) bond motifs is 1. The first kappa shape index (κ1) is 18.3. The number of nitrogens with zero attached hydrogens (tertiary/aromatic N) is 2. The van der Waals surface area contributed by atoms with E-state index in [2.05, 4.69) is 11.9 Å². The lowest BCUT2D eigenvalue weighted by atomic mass is 10.2. The SMILES string of the molecule is C=CCn1c(=O)c2ccccc2n(CC(=O)Nc2ccc(C)c(F)c2)c1=O. The Kier molecular flexibility index (Phi) is 5.03. The summed E-state index contributed by atoms with van der Waals surface area (Å²) in [4.78, 5) is 37.6. The van der Waals surface area contributed by atoms with E-state index >= 15 is 0 Å². The number of allylic oxidation sites excluding steroid dienone is 1. The Morgan fingerprint density at radius 3 is 2.63 bits per heavy atom. The van der Waals surface area contributed by atoms with Gasteiger partial charge < -0.3 is 5.32 Å². The molecular weight excluding hydrogens is 349 g/mol. The number of hydrogen-bond donors (Lipinski definition) is 1. The van der Waals surface area contributed by atoms with Gasteiger partial charge in [0.15, 0.2) is 0 Å². The third-order valence-corrected chi connectivity index (χ3v) is 4.20. The summed E-state index contributed by atoms with van der Waals surface area (Å²) in [6.07, 6.45) is 1.44. The van der Waals surface area contributed by atoms with Crippen LogP contribution in [0.25, 0.3) is 10.9 Å². The van der Waals surface area contributed by atoms with Crippen molar-refractivity contribution in [1.82, 2.24) is 9.13 Å². The number of rotatable bonds is 5. The maximum atomic E-state index is 13.7. The molecule has 0 spiro atoms. The van der Waals surface area contributed by atoms with Crippen LogP contribution < -0.4 is 16.6 Å².